The Kier molecular flexibility index (Phi) is 1.76. The van der Waals surface area contributed by atoms with Crippen molar-refractivity contribution in [2.45, 2.75) is 11.3 Å². The number of rotatable bonds is 0. The maximum atomic E-state index is 5.80. The summed E-state index contributed by atoms with van der Waals surface area (Å²) in [6, 6.07) is 0. The summed E-state index contributed by atoms with van der Waals surface area (Å²) in [5.74, 6) is 0. The molecule has 0 aromatic heterocycles. The average Bonchev–Trinajstić information content (AvgIpc) is 1.79. The zero-order chi connectivity index (χ0) is 7.07. The monoisotopic (exact) mass is 184 g/mol. The van der Waals surface area contributed by atoms with E-state index in [-0.39, 0.29) is 0 Å². The summed E-state index contributed by atoms with van der Waals surface area (Å²) < 4.78 is -0.554. The maximum absolute atomic E-state index is 5.80. The molecule has 0 aliphatic carbocycles. The molecule has 0 aromatic carbocycles. The summed E-state index contributed by atoms with van der Waals surface area (Å²) in [5, 5.41) is 3.78. The average molecular weight is 185 g/mol. The Morgan fingerprint density at radius 3 is 2.44 bits per heavy atom. The van der Waals surface area contributed by atoms with E-state index < -0.39 is 4.33 Å². The summed E-state index contributed by atoms with van der Waals surface area (Å²) in [6.07, 6.45) is 0. The van der Waals surface area contributed by atoms with E-state index in [1.165, 1.54) is 11.8 Å². The fourth-order valence-corrected chi connectivity index (χ4v) is 1.99. The van der Waals surface area contributed by atoms with Gasteiger partial charge in [-0.2, -0.15) is 0 Å². The van der Waals surface area contributed by atoms with E-state index in [1.54, 1.807) is 6.92 Å². The largest absolute Gasteiger partial charge is 0.391 e. The Balaban J connectivity index is 2.70. The van der Waals surface area contributed by atoms with Crippen LogP contribution in [0.25, 0.3) is 0 Å². The van der Waals surface area contributed by atoms with Crippen LogP contribution in [0, 0.1) is 0 Å². The number of hydrogen-bond acceptors (Lipinski definition) is 3. The molecule has 0 spiro atoms. The lowest BCUT2D eigenvalue weighted by atomic mass is 10.7. The summed E-state index contributed by atoms with van der Waals surface area (Å²) in [6.45, 7) is 1.79. The molecule has 2 nitrogen and oxygen atoms in total. The third-order valence-electron chi connectivity index (χ3n) is 0.851. The van der Waals surface area contributed by atoms with Crippen molar-refractivity contribution in [2.24, 2.45) is 5.73 Å². The predicted octanol–water partition coefficient (Wildman–Crippen LogP) is 1.56. The molecule has 1 aliphatic rings. The second-order valence-electron chi connectivity index (χ2n) is 1.82. The Bertz CT molecular complexity index is 150. The number of alkyl halides is 1. The first-order valence-corrected chi connectivity index (χ1v) is 3.90. The molecule has 3 N–H and O–H groups in total. The highest BCUT2D eigenvalue weighted by Crippen LogP contribution is 2.39. The van der Waals surface area contributed by atoms with Crippen molar-refractivity contribution in [1.29, 1.82) is 0 Å². The molecule has 52 valence electrons. The third-order valence-corrected chi connectivity index (χ3v) is 2.50. The second-order valence-corrected chi connectivity index (χ2v) is 4.64. The molecule has 0 amide bonds. The third kappa shape index (κ3) is 1.60. The zero-order valence-electron chi connectivity index (χ0n) is 4.74. The standard InChI is InChI=1S/C4H6Cl2N2S/c1-4(6)8-2(5)3(7)9-4/h8H,7H2,1H3. The summed E-state index contributed by atoms with van der Waals surface area (Å²) >= 11 is 12.7. The van der Waals surface area contributed by atoms with Crippen molar-refractivity contribution in [1.82, 2.24) is 5.32 Å². The van der Waals surface area contributed by atoms with Crippen molar-refractivity contribution in [2.75, 3.05) is 0 Å². The lowest BCUT2D eigenvalue weighted by molar-refractivity contribution is 0.787. The van der Waals surface area contributed by atoms with Gasteiger partial charge in [-0.1, -0.05) is 35.0 Å². The van der Waals surface area contributed by atoms with E-state index in [1.807, 2.05) is 0 Å². The van der Waals surface area contributed by atoms with Crippen LogP contribution in [0.4, 0.5) is 0 Å². The highest BCUT2D eigenvalue weighted by molar-refractivity contribution is 8.05. The molecule has 1 aliphatic heterocycles. The Hall–Kier alpha value is 0.270. The first-order chi connectivity index (χ1) is 4.01. The smallest absolute Gasteiger partial charge is 0.163 e. The second kappa shape index (κ2) is 2.15. The van der Waals surface area contributed by atoms with Crippen molar-refractivity contribution >= 4 is 35.0 Å². The van der Waals surface area contributed by atoms with Gasteiger partial charge in [0, 0.05) is 0 Å². The SMILES string of the molecule is CC1(Cl)NC(Cl)=C(N)S1. The molecule has 0 radical (unpaired) electrons. The van der Waals surface area contributed by atoms with E-state index in [0.29, 0.717) is 10.2 Å². The van der Waals surface area contributed by atoms with Crippen LogP contribution in [0.3, 0.4) is 0 Å². The zero-order valence-corrected chi connectivity index (χ0v) is 7.07. The molecule has 5 heteroatoms. The normalized spacial score (nSPS) is 35.0. The lowest BCUT2D eigenvalue weighted by Gasteiger charge is -2.13. The lowest BCUT2D eigenvalue weighted by Crippen LogP contribution is -2.25. The number of nitrogens with two attached hydrogens (primary N) is 1. The Morgan fingerprint density at radius 1 is 1.78 bits per heavy atom. The number of halogens is 2. The predicted molar refractivity (Wildman–Crippen MR) is 42.1 cm³/mol. The van der Waals surface area contributed by atoms with Gasteiger partial charge >= 0.3 is 0 Å². The van der Waals surface area contributed by atoms with Crippen LogP contribution in [0.5, 0.6) is 0 Å². The van der Waals surface area contributed by atoms with Crippen molar-refractivity contribution in [3.05, 3.63) is 10.2 Å². The van der Waals surface area contributed by atoms with Crippen LogP contribution in [-0.4, -0.2) is 4.33 Å². The van der Waals surface area contributed by atoms with Gasteiger partial charge in [0.15, 0.2) is 4.33 Å². The van der Waals surface area contributed by atoms with Gasteiger partial charge in [0.25, 0.3) is 0 Å². The summed E-state index contributed by atoms with van der Waals surface area (Å²) in [4.78, 5) is 0. The molecule has 0 saturated carbocycles. The van der Waals surface area contributed by atoms with Gasteiger partial charge in [-0.3, -0.25) is 0 Å². The molecular formula is C4H6Cl2N2S. The minimum atomic E-state index is -0.554. The molecular weight excluding hydrogens is 179 g/mol. The molecule has 1 unspecified atom stereocenters. The van der Waals surface area contributed by atoms with Crippen LogP contribution in [0.15, 0.2) is 10.2 Å². The fourth-order valence-electron chi connectivity index (χ4n) is 0.534. The van der Waals surface area contributed by atoms with Crippen LogP contribution in [0.1, 0.15) is 6.92 Å². The molecule has 1 atom stereocenters. The molecule has 0 saturated heterocycles. The topological polar surface area (TPSA) is 38.0 Å². The molecule has 0 aromatic rings. The highest BCUT2D eigenvalue weighted by Gasteiger charge is 2.30. The number of thioether (sulfide) groups is 1. The summed E-state index contributed by atoms with van der Waals surface area (Å²) in [7, 11) is 0. The van der Waals surface area contributed by atoms with E-state index in [0.717, 1.165) is 0 Å². The van der Waals surface area contributed by atoms with Crippen LogP contribution in [-0.2, 0) is 0 Å². The quantitative estimate of drug-likeness (QED) is 0.444. The van der Waals surface area contributed by atoms with Gasteiger partial charge in [0.2, 0.25) is 0 Å². The first-order valence-electron chi connectivity index (χ1n) is 2.32. The van der Waals surface area contributed by atoms with Gasteiger partial charge in [-0.25, -0.2) is 0 Å². The van der Waals surface area contributed by atoms with E-state index >= 15 is 0 Å². The van der Waals surface area contributed by atoms with Crippen LogP contribution < -0.4 is 11.1 Å². The molecule has 0 fully saturated rings. The van der Waals surface area contributed by atoms with E-state index in [2.05, 4.69) is 5.32 Å². The van der Waals surface area contributed by atoms with Crippen LogP contribution >= 0.6 is 35.0 Å². The Morgan fingerprint density at radius 2 is 2.33 bits per heavy atom. The van der Waals surface area contributed by atoms with Crippen molar-refractivity contribution in [3.63, 3.8) is 0 Å². The molecule has 0 bridgehead atoms. The maximum Gasteiger partial charge on any atom is 0.163 e. The fraction of sp³-hybridized carbons (Fsp3) is 0.500. The van der Waals surface area contributed by atoms with Gasteiger partial charge < -0.3 is 11.1 Å². The number of nitrogens with one attached hydrogen (secondary N) is 1. The molecule has 1 rings (SSSR count). The van der Waals surface area contributed by atoms with E-state index in [9.17, 15) is 0 Å². The van der Waals surface area contributed by atoms with Crippen LogP contribution in [0.2, 0.25) is 0 Å². The van der Waals surface area contributed by atoms with Crippen molar-refractivity contribution in [3.8, 4) is 0 Å². The van der Waals surface area contributed by atoms with E-state index in [4.69, 9.17) is 28.9 Å². The summed E-state index contributed by atoms with van der Waals surface area (Å²) in [5.41, 5.74) is 5.42. The minimum absolute atomic E-state index is 0.442. The minimum Gasteiger partial charge on any atom is -0.391 e. The van der Waals surface area contributed by atoms with Gasteiger partial charge in [0.05, 0.1) is 0 Å². The van der Waals surface area contributed by atoms with Gasteiger partial charge in [-0.05, 0) is 6.92 Å². The first kappa shape index (κ1) is 7.38. The Labute approximate surface area is 67.8 Å². The number of hydrogen-bond donors (Lipinski definition) is 2. The molecule has 9 heavy (non-hydrogen) atoms. The van der Waals surface area contributed by atoms with Gasteiger partial charge in [-0.15, -0.1) is 0 Å². The highest BCUT2D eigenvalue weighted by atomic mass is 35.5. The molecule has 1 heterocycles. The van der Waals surface area contributed by atoms with Crippen molar-refractivity contribution < 1.29 is 0 Å². The van der Waals surface area contributed by atoms with Gasteiger partial charge in [0.1, 0.15) is 10.2 Å².